The van der Waals surface area contributed by atoms with Crippen molar-refractivity contribution in [3.63, 3.8) is 0 Å². The van der Waals surface area contributed by atoms with Crippen molar-refractivity contribution >= 4 is 5.91 Å². The second-order valence-corrected chi connectivity index (χ2v) is 4.48. The molecule has 1 atom stereocenters. The Bertz CT molecular complexity index is 604. The number of phenols is 1. The third-order valence-electron chi connectivity index (χ3n) is 2.84. The average molecular weight is 260 g/mol. The fourth-order valence-corrected chi connectivity index (χ4v) is 1.75. The number of nitrogens with one attached hydrogen (secondary N) is 1. The van der Waals surface area contributed by atoms with Gasteiger partial charge in [0.05, 0.1) is 11.8 Å². The van der Waals surface area contributed by atoms with Gasteiger partial charge in [0.1, 0.15) is 17.6 Å². The molecule has 1 amide bonds. The molecule has 0 spiro atoms. The highest BCUT2D eigenvalue weighted by Gasteiger charge is 2.18. The van der Waals surface area contributed by atoms with E-state index in [0.717, 1.165) is 0 Å². The van der Waals surface area contributed by atoms with Crippen LogP contribution in [0.3, 0.4) is 0 Å². The number of hydrogen-bond donors (Lipinski definition) is 2. The van der Waals surface area contributed by atoms with E-state index in [1.54, 1.807) is 45.2 Å². The predicted molar refractivity (Wildman–Crippen MR) is 70.0 cm³/mol. The zero-order valence-corrected chi connectivity index (χ0v) is 11.1. The van der Waals surface area contributed by atoms with E-state index < -0.39 is 0 Å². The molecule has 2 aromatic rings. The molecule has 1 aromatic heterocycles. The highest BCUT2D eigenvalue weighted by Crippen LogP contribution is 2.22. The lowest BCUT2D eigenvalue weighted by atomic mass is 10.1. The molecule has 19 heavy (non-hydrogen) atoms. The first-order chi connectivity index (χ1) is 8.99. The largest absolute Gasteiger partial charge is 0.507 e. The van der Waals surface area contributed by atoms with Crippen molar-refractivity contribution in [2.45, 2.75) is 26.8 Å². The van der Waals surface area contributed by atoms with Crippen molar-refractivity contribution in [3.05, 3.63) is 47.2 Å². The number of amides is 1. The minimum atomic E-state index is -0.360. The van der Waals surface area contributed by atoms with Crippen LogP contribution in [0.25, 0.3) is 0 Å². The number of oxazole rings is 1. The SMILES string of the molecule is Cc1cnc(C(C)NC(=O)c2cccc(C)c2O)o1. The van der Waals surface area contributed by atoms with Crippen LogP contribution in [-0.2, 0) is 0 Å². The Balaban J connectivity index is 2.15. The standard InChI is InChI=1S/C14H16N2O3/c1-8-5-4-6-11(12(8)17)13(18)16-10(3)14-15-7-9(2)19-14/h4-7,10,17H,1-3H3,(H,16,18). The van der Waals surface area contributed by atoms with Gasteiger partial charge in [-0.1, -0.05) is 12.1 Å². The van der Waals surface area contributed by atoms with Crippen LogP contribution in [0.1, 0.15) is 40.5 Å². The molecule has 1 heterocycles. The molecule has 1 unspecified atom stereocenters. The van der Waals surface area contributed by atoms with Crippen LogP contribution in [0.4, 0.5) is 0 Å². The Hall–Kier alpha value is -2.30. The summed E-state index contributed by atoms with van der Waals surface area (Å²) in [6.07, 6.45) is 1.60. The Kier molecular flexibility index (Phi) is 3.55. The second kappa shape index (κ2) is 5.14. The van der Waals surface area contributed by atoms with Gasteiger partial charge in [0.25, 0.3) is 5.91 Å². The summed E-state index contributed by atoms with van der Waals surface area (Å²) in [6.45, 7) is 5.31. The lowest BCUT2D eigenvalue weighted by molar-refractivity contribution is 0.0931. The molecule has 0 aliphatic carbocycles. The number of rotatable bonds is 3. The third-order valence-corrected chi connectivity index (χ3v) is 2.84. The molecule has 100 valence electrons. The van der Waals surface area contributed by atoms with E-state index >= 15 is 0 Å². The van der Waals surface area contributed by atoms with Gasteiger partial charge in [-0.2, -0.15) is 0 Å². The van der Waals surface area contributed by atoms with E-state index in [4.69, 9.17) is 4.42 Å². The molecule has 2 rings (SSSR count). The van der Waals surface area contributed by atoms with E-state index in [1.165, 1.54) is 0 Å². The van der Waals surface area contributed by atoms with Crippen LogP contribution < -0.4 is 5.32 Å². The minimum absolute atomic E-state index is 0.00390. The van der Waals surface area contributed by atoms with E-state index in [9.17, 15) is 9.90 Å². The first kappa shape index (κ1) is 13.1. The number of aryl methyl sites for hydroxylation is 2. The number of carbonyl (C=O) groups excluding carboxylic acids is 1. The number of aromatic hydroxyl groups is 1. The van der Waals surface area contributed by atoms with Crippen LogP contribution in [0, 0.1) is 13.8 Å². The Labute approximate surface area is 111 Å². The van der Waals surface area contributed by atoms with Gasteiger partial charge >= 0.3 is 0 Å². The van der Waals surface area contributed by atoms with Gasteiger partial charge in [0, 0.05) is 0 Å². The van der Waals surface area contributed by atoms with Crippen LogP contribution in [0.2, 0.25) is 0 Å². The molecule has 0 saturated heterocycles. The monoisotopic (exact) mass is 260 g/mol. The molecular formula is C14H16N2O3. The topological polar surface area (TPSA) is 75.4 Å². The Morgan fingerprint density at radius 1 is 1.42 bits per heavy atom. The van der Waals surface area contributed by atoms with Gasteiger partial charge in [0.15, 0.2) is 0 Å². The molecule has 0 aliphatic heterocycles. The minimum Gasteiger partial charge on any atom is -0.507 e. The maximum absolute atomic E-state index is 12.1. The first-order valence-electron chi connectivity index (χ1n) is 6.01. The van der Waals surface area contributed by atoms with Crippen LogP contribution >= 0.6 is 0 Å². The predicted octanol–water partition coefficient (Wildman–Crippen LogP) is 2.49. The summed E-state index contributed by atoms with van der Waals surface area (Å²) in [5.41, 5.74) is 0.905. The third kappa shape index (κ3) is 2.76. The summed E-state index contributed by atoms with van der Waals surface area (Å²) in [6, 6.07) is 4.68. The van der Waals surface area contributed by atoms with E-state index in [2.05, 4.69) is 10.3 Å². The normalized spacial score (nSPS) is 12.2. The number of benzene rings is 1. The highest BCUT2D eigenvalue weighted by molar-refractivity contribution is 5.97. The maximum atomic E-state index is 12.1. The fraction of sp³-hybridized carbons (Fsp3) is 0.286. The summed E-state index contributed by atoms with van der Waals surface area (Å²) in [5, 5.41) is 12.6. The zero-order chi connectivity index (χ0) is 14.0. The van der Waals surface area contributed by atoms with Gasteiger partial charge in [-0.25, -0.2) is 4.98 Å². The fourth-order valence-electron chi connectivity index (χ4n) is 1.75. The number of carbonyl (C=O) groups is 1. The zero-order valence-electron chi connectivity index (χ0n) is 11.1. The maximum Gasteiger partial charge on any atom is 0.255 e. The Morgan fingerprint density at radius 3 is 2.79 bits per heavy atom. The molecule has 0 aliphatic rings. The van der Waals surface area contributed by atoms with Gasteiger partial charge in [0.2, 0.25) is 5.89 Å². The first-order valence-corrected chi connectivity index (χ1v) is 6.01. The van der Waals surface area contributed by atoms with Crippen molar-refractivity contribution in [1.82, 2.24) is 10.3 Å². The van der Waals surface area contributed by atoms with Crippen molar-refractivity contribution in [3.8, 4) is 5.75 Å². The Morgan fingerprint density at radius 2 is 2.16 bits per heavy atom. The lowest BCUT2D eigenvalue weighted by Crippen LogP contribution is -2.27. The highest BCUT2D eigenvalue weighted by atomic mass is 16.4. The molecule has 5 nitrogen and oxygen atoms in total. The second-order valence-electron chi connectivity index (χ2n) is 4.48. The lowest BCUT2D eigenvalue weighted by Gasteiger charge is -2.12. The molecule has 0 bridgehead atoms. The molecule has 5 heteroatoms. The number of para-hydroxylation sites is 1. The summed E-state index contributed by atoms with van der Waals surface area (Å²) in [7, 11) is 0. The van der Waals surface area contributed by atoms with Crippen LogP contribution in [0.5, 0.6) is 5.75 Å². The molecule has 2 N–H and O–H groups in total. The van der Waals surface area contributed by atoms with E-state index in [-0.39, 0.29) is 23.3 Å². The number of hydrogen-bond acceptors (Lipinski definition) is 4. The molecule has 0 fully saturated rings. The van der Waals surface area contributed by atoms with Crippen molar-refractivity contribution in [1.29, 1.82) is 0 Å². The summed E-state index contributed by atoms with van der Waals surface area (Å²) < 4.78 is 5.35. The summed E-state index contributed by atoms with van der Waals surface area (Å²) >= 11 is 0. The average Bonchev–Trinajstić information content (AvgIpc) is 2.79. The van der Waals surface area contributed by atoms with Gasteiger partial charge < -0.3 is 14.8 Å². The van der Waals surface area contributed by atoms with Crippen LogP contribution in [0.15, 0.2) is 28.8 Å². The smallest absolute Gasteiger partial charge is 0.255 e. The van der Waals surface area contributed by atoms with Crippen LogP contribution in [-0.4, -0.2) is 16.0 Å². The van der Waals surface area contributed by atoms with Gasteiger partial charge in [-0.05, 0) is 32.4 Å². The van der Waals surface area contributed by atoms with Crippen molar-refractivity contribution in [2.24, 2.45) is 0 Å². The summed E-state index contributed by atoms with van der Waals surface area (Å²) in [5.74, 6) is 0.771. The quantitative estimate of drug-likeness (QED) is 0.889. The summed E-state index contributed by atoms with van der Waals surface area (Å²) in [4.78, 5) is 16.1. The molecular weight excluding hydrogens is 244 g/mol. The molecule has 0 saturated carbocycles. The molecule has 1 aromatic carbocycles. The molecule has 0 radical (unpaired) electrons. The van der Waals surface area contributed by atoms with E-state index in [1.807, 2.05) is 0 Å². The van der Waals surface area contributed by atoms with Crippen molar-refractivity contribution in [2.75, 3.05) is 0 Å². The number of aromatic nitrogens is 1. The number of phenolic OH excluding ortho intramolecular Hbond substituents is 1. The van der Waals surface area contributed by atoms with Gasteiger partial charge in [-0.3, -0.25) is 4.79 Å². The van der Waals surface area contributed by atoms with Crippen molar-refractivity contribution < 1.29 is 14.3 Å². The van der Waals surface area contributed by atoms with Gasteiger partial charge in [-0.15, -0.1) is 0 Å². The number of nitrogens with zero attached hydrogens (tertiary/aromatic N) is 1. The van der Waals surface area contributed by atoms with E-state index in [0.29, 0.717) is 17.2 Å².